The molecule has 0 saturated carbocycles. The summed E-state index contributed by atoms with van der Waals surface area (Å²) in [5.74, 6) is 0. The number of hydrogen-bond donors (Lipinski definition) is 1. The third-order valence-corrected chi connectivity index (χ3v) is 4.56. The average molecular weight is 229 g/mol. The van der Waals surface area contributed by atoms with Crippen LogP contribution in [0.3, 0.4) is 0 Å². The molecule has 0 aliphatic carbocycles. The molecule has 1 aromatic rings. The molecule has 0 saturated heterocycles. The van der Waals surface area contributed by atoms with Crippen LogP contribution >= 0.6 is 0 Å². The van der Waals surface area contributed by atoms with Crippen molar-refractivity contribution in [1.29, 1.82) is 0 Å². The molecule has 12 heavy (non-hydrogen) atoms. The van der Waals surface area contributed by atoms with Crippen LogP contribution in [0.15, 0.2) is 30.3 Å². The van der Waals surface area contributed by atoms with Crippen molar-refractivity contribution >= 4 is 19.4 Å². The van der Waals surface area contributed by atoms with Crippen LogP contribution in [0.1, 0.15) is 13.3 Å². The van der Waals surface area contributed by atoms with Gasteiger partial charge in [-0.1, -0.05) is 0 Å². The fourth-order valence-corrected chi connectivity index (χ4v) is 2.91. The van der Waals surface area contributed by atoms with Gasteiger partial charge in [0, 0.05) is 0 Å². The third kappa shape index (κ3) is 2.98. The van der Waals surface area contributed by atoms with Gasteiger partial charge in [0.1, 0.15) is 0 Å². The van der Waals surface area contributed by atoms with Crippen LogP contribution < -0.4 is 4.46 Å². The summed E-state index contributed by atoms with van der Waals surface area (Å²) in [7, 11) is 0. The Balaban J connectivity index is 2.51. The molecule has 0 heterocycles. The summed E-state index contributed by atoms with van der Waals surface area (Å²) in [6.07, 6.45) is 1.07. The van der Waals surface area contributed by atoms with Crippen molar-refractivity contribution in [3.63, 3.8) is 0 Å². The normalized spacial score (nSPS) is 12.8. The van der Waals surface area contributed by atoms with Crippen molar-refractivity contribution in [3.8, 4) is 0 Å². The SMILES string of the molecule is CC[C@@H](CO)[Se]c1ccccc1. The van der Waals surface area contributed by atoms with Gasteiger partial charge >= 0.3 is 79.6 Å². The van der Waals surface area contributed by atoms with E-state index in [9.17, 15) is 0 Å². The summed E-state index contributed by atoms with van der Waals surface area (Å²) in [6.45, 7) is 2.46. The van der Waals surface area contributed by atoms with Gasteiger partial charge in [0.15, 0.2) is 0 Å². The number of rotatable bonds is 4. The van der Waals surface area contributed by atoms with Gasteiger partial charge in [-0.2, -0.15) is 0 Å². The van der Waals surface area contributed by atoms with Crippen LogP contribution in [-0.4, -0.2) is 26.7 Å². The Bertz CT molecular complexity index is 206. The summed E-state index contributed by atoms with van der Waals surface area (Å²) in [4.78, 5) is 0.486. The van der Waals surface area contributed by atoms with E-state index in [0.29, 0.717) is 26.4 Å². The first-order valence-electron chi connectivity index (χ1n) is 4.19. The molecule has 1 atom stereocenters. The molecule has 0 radical (unpaired) electrons. The summed E-state index contributed by atoms with van der Waals surface area (Å²) < 4.78 is 1.38. The molecule has 0 fully saturated rings. The van der Waals surface area contributed by atoms with E-state index < -0.39 is 0 Å². The molecule has 66 valence electrons. The topological polar surface area (TPSA) is 20.2 Å². The summed E-state index contributed by atoms with van der Waals surface area (Å²) in [6, 6.07) is 10.4. The molecule has 0 bridgehead atoms. The first kappa shape index (κ1) is 9.78. The van der Waals surface area contributed by atoms with E-state index in [1.54, 1.807) is 0 Å². The molecule has 0 unspecified atom stereocenters. The second-order valence-corrected chi connectivity index (χ2v) is 5.53. The maximum absolute atomic E-state index is 9.00. The van der Waals surface area contributed by atoms with E-state index in [2.05, 4.69) is 31.2 Å². The molecular formula is C10H14OSe. The van der Waals surface area contributed by atoms with Crippen LogP contribution in [0.4, 0.5) is 0 Å². The Hall–Kier alpha value is -0.301. The van der Waals surface area contributed by atoms with E-state index in [1.165, 1.54) is 4.46 Å². The monoisotopic (exact) mass is 230 g/mol. The van der Waals surface area contributed by atoms with Gasteiger partial charge in [-0.25, -0.2) is 0 Å². The fraction of sp³-hybridized carbons (Fsp3) is 0.400. The zero-order valence-corrected chi connectivity index (χ0v) is 8.95. The minimum atomic E-state index is 0.325. The van der Waals surface area contributed by atoms with Gasteiger partial charge in [0.2, 0.25) is 0 Å². The molecule has 1 rings (SSSR count). The molecular weight excluding hydrogens is 215 g/mol. The molecule has 1 aromatic carbocycles. The predicted molar refractivity (Wildman–Crippen MR) is 53.0 cm³/mol. The molecule has 1 nitrogen and oxygen atoms in total. The number of aliphatic hydroxyl groups is 1. The predicted octanol–water partition coefficient (Wildman–Crippen LogP) is 1.21. The first-order valence-corrected chi connectivity index (χ1v) is 6.04. The standard InChI is InChI=1S/C10H14OSe/c1-2-9(8-11)12-10-6-4-3-5-7-10/h3-7,9,11H,2,8H2,1H3/t9-/m0/s1. The van der Waals surface area contributed by atoms with Crippen molar-refractivity contribution in [2.75, 3.05) is 6.61 Å². The Morgan fingerprint density at radius 1 is 1.33 bits per heavy atom. The van der Waals surface area contributed by atoms with Crippen molar-refractivity contribution in [2.45, 2.75) is 18.2 Å². The molecule has 0 aliphatic heterocycles. The number of benzene rings is 1. The summed E-state index contributed by atoms with van der Waals surface area (Å²) >= 11 is 0.435. The third-order valence-electron chi connectivity index (χ3n) is 1.70. The molecule has 0 spiro atoms. The van der Waals surface area contributed by atoms with Gasteiger partial charge in [-0.05, 0) is 0 Å². The van der Waals surface area contributed by atoms with Crippen LogP contribution in [0.2, 0.25) is 4.82 Å². The van der Waals surface area contributed by atoms with Gasteiger partial charge in [-0.15, -0.1) is 0 Å². The van der Waals surface area contributed by atoms with E-state index in [-0.39, 0.29) is 0 Å². The molecule has 0 aliphatic rings. The van der Waals surface area contributed by atoms with Gasteiger partial charge in [0.05, 0.1) is 0 Å². The Morgan fingerprint density at radius 2 is 2.00 bits per heavy atom. The molecule has 0 aromatic heterocycles. The first-order chi connectivity index (χ1) is 5.86. The maximum atomic E-state index is 9.00. The van der Waals surface area contributed by atoms with E-state index >= 15 is 0 Å². The average Bonchev–Trinajstić information content (AvgIpc) is 2.16. The van der Waals surface area contributed by atoms with Crippen molar-refractivity contribution in [2.24, 2.45) is 0 Å². The molecule has 2 heteroatoms. The number of hydrogen-bond acceptors (Lipinski definition) is 1. The van der Waals surface area contributed by atoms with Crippen LogP contribution in [0, 0.1) is 0 Å². The van der Waals surface area contributed by atoms with Crippen LogP contribution in [-0.2, 0) is 0 Å². The second kappa shape index (κ2) is 5.36. The zero-order chi connectivity index (χ0) is 8.81. The van der Waals surface area contributed by atoms with Crippen LogP contribution in [0.5, 0.6) is 0 Å². The molecule has 1 N–H and O–H groups in total. The van der Waals surface area contributed by atoms with Gasteiger partial charge in [0.25, 0.3) is 0 Å². The minimum absolute atomic E-state index is 0.325. The zero-order valence-electron chi connectivity index (χ0n) is 7.23. The fourth-order valence-electron chi connectivity index (χ4n) is 0.941. The number of aliphatic hydroxyl groups excluding tert-OH is 1. The molecule has 0 amide bonds. The van der Waals surface area contributed by atoms with E-state index in [0.717, 1.165) is 6.42 Å². The van der Waals surface area contributed by atoms with Crippen LogP contribution in [0.25, 0.3) is 0 Å². The van der Waals surface area contributed by atoms with E-state index in [4.69, 9.17) is 5.11 Å². The Labute approximate surface area is 80.0 Å². The quantitative estimate of drug-likeness (QED) is 0.769. The van der Waals surface area contributed by atoms with E-state index in [1.807, 2.05) is 6.07 Å². The van der Waals surface area contributed by atoms with Gasteiger partial charge < -0.3 is 0 Å². The Kier molecular flexibility index (Phi) is 4.37. The second-order valence-electron chi connectivity index (χ2n) is 2.64. The van der Waals surface area contributed by atoms with Crippen molar-refractivity contribution < 1.29 is 5.11 Å². The van der Waals surface area contributed by atoms with Crippen molar-refractivity contribution in [1.82, 2.24) is 0 Å². The summed E-state index contributed by atoms with van der Waals surface area (Å²) in [5.41, 5.74) is 0. The van der Waals surface area contributed by atoms with Crippen molar-refractivity contribution in [3.05, 3.63) is 30.3 Å². The Morgan fingerprint density at radius 3 is 2.50 bits per heavy atom. The van der Waals surface area contributed by atoms with Gasteiger partial charge in [-0.3, -0.25) is 0 Å². The summed E-state index contributed by atoms with van der Waals surface area (Å²) in [5, 5.41) is 9.00.